The molecule has 4 aromatic rings. The summed E-state index contributed by atoms with van der Waals surface area (Å²) in [5.41, 5.74) is 3.17. The Kier molecular flexibility index (Phi) is 6.13. The maximum Gasteiger partial charge on any atom is 0.412 e. The molecule has 0 saturated carbocycles. The molecule has 9 nitrogen and oxygen atoms in total. The number of nitrogens with zero attached hydrogens (tertiary/aromatic N) is 5. The third-order valence-corrected chi connectivity index (χ3v) is 4.51. The van der Waals surface area contributed by atoms with Crippen LogP contribution in [0.3, 0.4) is 0 Å². The quantitative estimate of drug-likeness (QED) is 0.494. The van der Waals surface area contributed by atoms with E-state index in [0.29, 0.717) is 30.2 Å². The van der Waals surface area contributed by atoms with Crippen molar-refractivity contribution < 1.29 is 14.3 Å². The molecule has 156 valence electrons. The average Bonchev–Trinajstić information content (AvgIpc) is 3.35. The van der Waals surface area contributed by atoms with Crippen LogP contribution >= 0.6 is 0 Å². The zero-order valence-electron chi connectivity index (χ0n) is 16.8. The summed E-state index contributed by atoms with van der Waals surface area (Å²) in [7, 11) is 1.61. The first-order valence-corrected chi connectivity index (χ1v) is 9.60. The zero-order chi connectivity index (χ0) is 21.5. The lowest BCUT2D eigenvalue weighted by molar-refractivity contribution is 0.200. The average molecular weight is 416 g/mol. The molecule has 0 fully saturated rings. The summed E-state index contributed by atoms with van der Waals surface area (Å²) in [6.07, 6.45) is 3.23. The molecule has 0 radical (unpaired) electrons. The number of nitrogens with one attached hydrogen (secondary N) is 1. The summed E-state index contributed by atoms with van der Waals surface area (Å²) in [6, 6.07) is 18.6. The lowest BCUT2D eigenvalue weighted by atomic mass is 10.0. The molecular formula is C22H20N6O3. The van der Waals surface area contributed by atoms with Crippen LogP contribution in [0.2, 0.25) is 0 Å². The molecule has 0 aliphatic rings. The van der Waals surface area contributed by atoms with E-state index < -0.39 is 6.09 Å². The van der Waals surface area contributed by atoms with Crippen LogP contribution in [0, 0.1) is 0 Å². The van der Waals surface area contributed by atoms with Gasteiger partial charge in [0.1, 0.15) is 17.8 Å². The molecule has 0 aliphatic carbocycles. The molecule has 0 bridgehead atoms. The standard InChI is InChI=1S/C22H20N6O3/c1-30-21-8-3-2-7-20(21)16-12-18(28-15-25-26-27-28)14-19(13-16)31-22(29)24-11-9-17-6-4-5-10-23-17/h2-8,10,12-15H,9,11H2,1H3,(H,24,29). The first-order valence-electron chi connectivity index (χ1n) is 9.60. The molecule has 0 saturated heterocycles. The van der Waals surface area contributed by atoms with E-state index in [9.17, 15) is 4.79 Å². The van der Waals surface area contributed by atoms with E-state index in [1.807, 2.05) is 48.5 Å². The minimum absolute atomic E-state index is 0.351. The lowest BCUT2D eigenvalue weighted by Gasteiger charge is -2.13. The molecule has 31 heavy (non-hydrogen) atoms. The highest BCUT2D eigenvalue weighted by atomic mass is 16.6. The van der Waals surface area contributed by atoms with Crippen LogP contribution in [-0.4, -0.2) is 44.9 Å². The Hall–Kier alpha value is -4.27. The van der Waals surface area contributed by atoms with Gasteiger partial charge < -0.3 is 14.8 Å². The number of hydrogen-bond acceptors (Lipinski definition) is 7. The van der Waals surface area contributed by atoms with E-state index in [1.54, 1.807) is 25.4 Å². The van der Waals surface area contributed by atoms with Crippen molar-refractivity contribution in [3.05, 3.63) is 78.9 Å². The zero-order valence-corrected chi connectivity index (χ0v) is 16.8. The van der Waals surface area contributed by atoms with Gasteiger partial charge in [-0.05, 0) is 46.3 Å². The first kappa shape index (κ1) is 20.0. The van der Waals surface area contributed by atoms with Gasteiger partial charge in [-0.15, -0.1) is 5.10 Å². The van der Waals surface area contributed by atoms with Crippen LogP contribution in [0.15, 0.2) is 73.2 Å². The molecular weight excluding hydrogens is 396 g/mol. The number of ether oxygens (including phenoxy) is 2. The summed E-state index contributed by atoms with van der Waals surface area (Å²) in [4.78, 5) is 16.6. The minimum Gasteiger partial charge on any atom is -0.496 e. The van der Waals surface area contributed by atoms with E-state index in [-0.39, 0.29) is 0 Å². The molecule has 1 amide bonds. The Morgan fingerprint density at radius 2 is 1.97 bits per heavy atom. The topological polar surface area (TPSA) is 104 Å². The van der Waals surface area contributed by atoms with Crippen LogP contribution in [-0.2, 0) is 6.42 Å². The van der Waals surface area contributed by atoms with Gasteiger partial charge in [-0.1, -0.05) is 24.3 Å². The number of hydrogen-bond donors (Lipinski definition) is 1. The van der Waals surface area contributed by atoms with E-state index in [4.69, 9.17) is 9.47 Å². The molecule has 0 unspecified atom stereocenters. The van der Waals surface area contributed by atoms with Gasteiger partial charge in [0.2, 0.25) is 0 Å². The largest absolute Gasteiger partial charge is 0.496 e. The second-order valence-corrected chi connectivity index (χ2v) is 6.56. The molecule has 2 heterocycles. The third-order valence-electron chi connectivity index (χ3n) is 4.51. The molecule has 4 rings (SSSR count). The van der Waals surface area contributed by atoms with Crippen LogP contribution < -0.4 is 14.8 Å². The highest BCUT2D eigenvalue weighted by Gasteiger charge is 2.13. The Bertz CT molecular complexity index is 1150. The smallest absolute Gasteiger partial charge is 0.412 e. The Morgan fingerprint density at radius 1 is 1.10 bits per heavy atom. The summed E-state index contributed by atoms with van der Waals surface area (Å²) in [5.74, 6) is 1.05. The second kappa shape index (κ2) is 9.49. The second-order valence-electron chi connectivity index (χ2n) is 6.56. The molecule has 1 N–H and O–H groups in total. The van der Waals surface area contributed by atoms with E-state index in [2.05, 4.69) is 25.8 Å². The van der Waals surface area contributed by atoms with Gasteiger partial charge in [0, 0.05) is 36.5 Å². The van der Waals surface area contributed by atoms with Crippen molar-refractivity contribution in [2.75, 3.05) is 13.7 Å². The summed E-state index contributed by atoms with van der Waals surface area (Å²) in [5, 5.41) is 14.0. The number of rotatable bonds is 7. The fourth-order valence-corrected chi connectivity index (χ4v) is 3.07. The van der Waals surface area contributed by atoms with Crippen molar-refractivity contribution in [2.24, 2.45) is 0 Å². The van der Waals surface area contributed by atoms with Crippen molar-refractivity contribution in [1.82, 2.24) is 30.5 Å². The van der Waals surface area contributed by atoms with Gasteiger partial charge >= 0.3 is 6.09 Å². The number of amides is 1. The van der Waals surface area contributed by atoms with Crippen LogP contribution in [0.4, 0.5) is 4.79 Å². The van der Waals surface area contributed by atoms with Gasteiger partial charge in [0.05, 0.1) is 12.8 Å². The first-order chi connectivity index (χ1) is 15.2. The molecule has 9 heteroatoms. The van der Waals surface area contributed by atoms with Crippen LogP contribution in [0.25, 0.3) is 16.8 Å². The van der Waals surface area contributed by atoms with Crippen molar-refractivity contribution in [1.29, 1.82) is 0 Å². The van der Waals surface area contributed by atoms with Crippen molar-refractivity contribution >= 4 is 6.09 Å². The highest BCUT2D eigenvalue weighted by molar-refractivity contribution is 5.76. The lowest BCUT2D eigenvalue weighted by Crippen LogP contribution is -2.29. The maximum atomic E-state index is 12.3. The molecule has 0 spiro atoms. The molecule has 0 aliphatic heterocycles. The molecule has 0 atom stereocenters. The van der Waals surface area contributed by atoms with Crippen LogP contribution in [0.5, 0.6) is 11.5 Å². The van der Waals surface area contributed by atoms with Gasteiger partial charge in [0.15, 0.2) is 0 Å². The number of benzene rings is 2. The minimum atomic E-state index is -0.559. The summed E-state index contributed by atoms with van der Waals surface area (Å²) < 4.78 is 12.5. The van der Waals surface area contributed by atoms with Gasteiger partial charge in [0.25, 0.3) is 0 Å². The number of para-hydroxylation sites is 1. The number of carbonyl (C=O) groups is 1. The highest BCUT2D eigenvalue weighted by Crippen LogP contribution is 2.33. The normalized spacial score (nSPS) is 10.5. The van der Waals surface area contributed by atoms with Crippen molar-refractivity contribution in [3.8, 4) is 28.3 Å². The van der Waals surface area contributed by atoms with Gasteiger partial charge in [-0.2, -0.15) is 0 Å². The SMILES string of the molecule is COc1ccccc1-c1cc(OC(=O)NCCc2ccccn2)cc(-n2cnnn2)c1. The fraction of sp³-hybridized carbons (Fsp3) is 0.136. The predicted molar refractivity (Wildman–Crippen MR) is 113 cm³/mol. The van der Waals surface area contributed by atoms with Gasteiger partial charge in [-0.3, -0.25) is 4.98 Å². The number of tetrazole rings is 1. The number of methoxy groups -OCH3 is 1. The molecule has 2 aromatic heterocycles. The molecule has 2 aromatic carbocycles. The summed E-state index contributed by atoms with van der Waals surface area (Å²) in [6.45, 7) is 0.405. The predicted octanol–water partition coefficient (Wildman–Crippen LogP) is 3.06. The fourth-order valence-electron chi connectivity index (χ4n) is 3.07. The van der Waals surface area contributed by atoms with Crippen molar-refractivity contribution in [3.63, 3.8) is 0 Å². The van der Waals surface area contributed by atoms with Gasteiger partial charge in [-0.25, -0.2) is 9.48 Å². The maximum absolute atomic E-state index is 12.3. The number of aromatic nitrogens is 5. The summed E-state index contributed by atoms with van der Waals surface area (Å²) >= 11 is 0. The third kappa shape index (κ3) is 5.02. The number of carbonyl (C=O) groups excluding carboxylic acids is 1. The Labute approximate surface area is 178 Å². The van der Waals surface area contributed by atoms with E-state index in [0.717, 1.165) is 16.8 Å². The number of pyridine rings is 1. The Balaban J connectivity index is 1.55. The van der Waals surface area contributed by atoms with E-state index in [1.165, 1.54) is 11.0 Å². The van der Waals surface area contributed by atoms with E-state index >= 15 is 0 Å². The Morgan fingerprint density at radius 3 is 2.74 bits per heavy atom. The van der Waals surface area contributed by atoms with Crippen LogP contribution in [0.1, 0.15) is 5.69 Å². The monoisotopic (exact) mass is 416 g/mol. The van der Waals surface area contributed by atoms with Crippen molar-refractivity contribution in [2.45, 2.75) is 6.42 Å².